The second kappa shape index (κ2) is 5.18. The number of hydrogen-bond acceptors (Lipinski definition) is 6. The summed E-state index contributed by atoms with van der Waals surface area (Å²) in [7, 11) is 4.93. The third-order valence-electron chi connectivity index (χ3n) is 3.01. The molecule has 0 atom stereocenters. The Kier molecular flexibility index (Phi) is 3.55. The minimum absolute atomic E-state index is 0.121. The van der Waals surface area contributed by atoms with Gasteiger partial charge in [-0.15, -0.1) is 5.06 Å². The summed E-state index contributed by atoms with van der Waals surface area (Å²) in [6.07, 6.45) is 0.325. The molecule has 3 heterocycles. The van der Waals surface area contributed by atoms with Crippen molar-refractivity contribution in [3.05, 3.63) is 11.3 Å². The van der Waals surface area contributed by atoms with Crippen LogP contribution in [0, 0.1) is 0 Å². The van der Waals surface area contributed by atoms with Crippen LogP contribution in [0.4, 0.5) is 0 Å². The molecular weight excluding hydrogens is 284 g/mol. The summed E-state index contributed by atoms with van der Waals surface area (Å²) in [6.45, 7) is 4.17. The Hall–Kier alpha value is -0.990. The minimum Gasteiger partial charge on any atom is -0.411 e. The molecule has 0 aromatic heterocycles. The van der Waals surface area contributed by atoms with E-state index in [0.717, 1.165) is 34.8 Å². The summed E-state index contributed by atoms with van der Waals surface area (Å²) in [5, 5.41) is 3.45. The highest BCUT2D eigenvalue weighted by Crippen LogP contribution is 2.38. The van der Waals surface area contributed by atoms with Gasteiger partial charge in [-0.3, -0.25) is 14.7 Å². The van der Waals surface area contributed by atoms with Gasteiger partial charge in [0.15, 0.2) is 10.3 Å². The number of likely N-dealkylation sites (N-methyl/N-ethyl adjacent to an activating group) is 1. The Balaban J connectivity index is 1.66. The van der Waals surface area contributed by atoms with E-state index in [-0.39, 0.29) is 5.91 Å². The molecule has 8 heteroatoms. The molecule has 0 spiro atoms. The van der Waals surface area contributed by atoms with E-state index in [1.165, 1.54) is 10.8 Å². The van der Waals surface area contributed by atoms with Crippen molar-refractivity contribution in [1.29, 1.82) is 0 Å². The SMILES string of the molecule is CC1=C(CC(=O)N=C2SSC3=NCCN32)CN(C)O1. The Morgan fingerprint density at radius 1 is 1.53 bits per heavy atom. The molecule has 1 saturated heterocycles. The molecule has 0 aromatic carbocycles. The first kappa shape index (κ1) is 13.0. The zero-order valence-corrected chi connectivity index (χ0v) is 12.4. The molecule has 0 aromatic rings. The summed E-state index contributed by atoms with van der Waals surface area (Å²) in [5.41, 5.74) is 1.00. The summed E-state index contributed by atoms with van der Waals surface area (Å²) in [5.74, 6) is 0.692. The first-order chi connectivity index (χ1) is 9.13. The summed E-state index contributed by atoms with van der Waals surface area (Å²) in [4.78, 5) is 27.9. The molecule has 1 amide bonds. The van der Waals surface area contributed by atoms with E-state index in [0.29, 0.717) is 13.0 Å². The zero-order chi connectivity index (χ0) is 13.4. The molecule has 0 unspecified atom stereocenters. The highest BCUT2D eigenvalue weighted by atomic mass is 33.1. The van der Waals surface area contributed by atoms with Crippen LogP contribution in [0.1, 0.15) is 13.3 Å². The van der Waals surface area contributed by atoms with Crippen LogP contribution >= 0.6 is 21.6 Å². The van der Waals surface area contributed by atoms with Crippen LogP contribution in [0.5, 0.6) is 0 Å². The quantitative estimate of drug-likeness (QED) is 0.720. The van der Waals surface area contributed by atoms with Crippen molar-refractivity contribution in [2.45, 2.75) is 13.3 Å². The molecular formula is C11H14N4O2S2. The third kappa shape index (κ3) is 2.65. The summed E-state index contributed by atoms with van der Waals surface area (Å²) in [6, 6.07) is 0. The monoisotopic (exact) mass is 298 g/mol. The number of carbonyl (C=O) groups is 1. The topological polar surface area (TPSA) is 57.5 Å². The second-order valence-electron chi connectivity index (χ2n) is 4.48. The largest absolute Gasteiger partial charge is 0.411 e. The molecule has 1 fully saturated rings. The molecule has 6 nitrogen and oxygen atoms in total. The van der Waals surface area contributed by atoms with Crippen LogP contribution in [0.3, 0.4) is 0 Å². The maximum Gasteiger partial charge on any atom is 0.252 e. The number of amidine groups is 2. The van der Waals surface area contributed by atoms with Crippen LogP contribution in [0.15, 0.2) is 21.3 Å². The van der Waals surface area contributed by atoms with E-state index >= 15 is 0 Å². The van der Waals surface area contributed by atoms with Gasteiger partial charge in [0, 0.05) is 13.6 Å². The number of allylic oxidation sites excluding steroid dienone is 1. The van der Waals surface area contributed by atoms with Crippen LogP contribution in [0.2, 0.25) is 0 Å². The highest BCUT2D eigenvalue weighted by molar-refractivity contribution is 8.88. The van der Waals surface area contributed by atoms with E-state index < -0.39 is 0 Å². The Morgan fingerprint density at radius 2 is 2.37 bits per heavy atom. The fourth-order valence-electron chi connectivity index (χ4n) is 2.09. The predicted octanol–water partition coefficient (Wildman–Crippen LogP) is 1.48. The Labute approximate surface area is 119 Å². The van der Waals surface area contributed by atoms with Crippen molar-refractivity contribution >= 4 is 37.8 Å². The number of amides is 1. The van der Waals surface area contributed by atoms with Crippen molar-refractivity contribution in [3.63, 3.8) is 0 Å². The van der Waals surface area contributed by atoms with Crippen LogP contribution in [0.25, 0.3) is 0 Å². The molecule has 19 heavy (non-hydrogen) atoms. The number of hydroxylamine groups is 2. The Morgan fingerprint density at radius 3 is 3.11 bits per heavy atom. The predicted molar refractivity (Wildman–Crippen MR) is 77.7 cm³/mol. The number of carbonyl (C=O) groups excluding carboxylic acids is 1. The first-order valence-electron chi connectivity index (χ1n) is 5.99. The fraction of sp³-hybridized carbons (Fsp3) is 0.545. The smallest absolute Gasteiger partial charge is 0.252 e. The standard InChI is InChI=1S/C11H14N4O2S2/c1-7-8(6-14(2)17-7)5-9(16)13-11-15-4-3-12-10(15)18-19-11/h3-6H2,1-2H3. The molecule has 3 rings (SSSR count). The number of rotatable bonds is 2. The maximum atomic E-state index is 12.0. The van der Waals surface area contributed by atoms with E-state index in [4.69, 9.17) is 4.84 Å². The number of fused-ring (bicyclic) bond motifs is 1. The normalized spacial score (nSPS) is 25.1. The number of aliphatic imine (C=N–C) groups is 2. The summed E-state index contributed by atoms with van der Waals surface area (Å²) >= 11 is 0. The molecule has 3 aliphatic heterocycles. The first-order valence-corrected chi connectivity index (χ1v) is 8.14. The van der Waals surface area contributed by atoms with Crippen LogP contribution < -0.4 is 0 Å². The van der Waals surface area contributed by atoms with Crippen molar-refractivity contribution in [3.8, 4) is 0 Å². The number of nitrogens with zero attached hydrogens (tertiary/aromatic N) is 4. The van der Waals surface area contributed by atoms with Gasteiger partial charge in [-0.1, -0.05) is 0 Å². The van der Waals surface area contributed by atoms with E-state index in [1.807, 2.05) is 18.9 Å². The highest BCUT2D eigenvalue weighted by Gasteiger charge is 2.31. The van der Waals surface area contributed by atoms with Gasteiger partial charge in [0.1, 0.15) is 5.76 Å². The lowest BCUT2D eigenvalue weighted by molar-refractivity contribution is -0.117. The van der Waals surface area contributed by atoms with Crippen molar-refractivity contribution in [2.75, 3.05) is 26.7 Å². The van der Waals surface area contributed by atoms with Crippen molar-refractivity contribution in [2.24, 2.45) is 9.98 Å². The van der Waals surface area contributed by atoms with Gasteiger partial charge < -0.3 is 4.84 Å². The molecule has 102 valence electrons. The minimum atomic E-state index is -0.121. The van der Waals surface area contributed by atoms with Gasteiger partial charge >= 0.3 is 0 Å². The van der Waals surface area contributed by atoms with Crippen molar-refractivity contribution in [1.82, 2.24) is 9.96 Å². The van der Waals surface area contributed by atoms with Gasteiger partial charge in [0.2, 0.25) is 0 Å². The summed E-state index contributed by atoms with van der Waals surface area (Å²) < 4.78 is 0. The third-order valence-corrected chi connectivity index (χ3v) is 5.20. The van der Waals surface area contributed by atoms with Crippen LogP contribution in [-0.2, 0) is 9.63 Å². The van der Waals surface area contributed by atoms with Gasteiger partial charge in [-0.2, -0.15) is 4.99 Å². The van der Waals surface area contributed by atoms with E-state index in [2.05, 4.69) is 9.98 Å². The van der Waals surface area contributed by atoms with Gasteiger partial charge in [-0.05, 0) is 34.1 Å². The Bertz CT molecular complexity index is 515. The average Bonchev–Trinajstić information content (AvgIpc) is 2.99. The lowest BCUT2D eigenvalue weighted by Crippen LogP contribution is -2.26. The van der Waals surface area contributed by atoms with Gasteiger partial charge in [0.05, 0.1) is 19.5 Å². The van der Waals surface area contributed by atoms with Crippen molar-refractivity contribution < 1.29 is 9.63 Å². The molecule has 0 N–H and O–H groups in total. The number of hydrogen-bond donors (Lipinski definition) is 0. The van der Waals surface area contributed by atoms with Crippen LogP contribution in [-0.4, -0.2) is 52.9 Å². The lowest BCUT2D eigenvalue weighted by atomic mass is 10.1. The molecule has 0 bridgehead atoms. The maximum absolute atomic E-state index is 12.0. The second-order valence-corrected chi connectivity index (χ2v) is 6.55. The lowest BCUT2D eigenvalue weighted by Gasteiger charge is -2.09. The molecule has 0 aliphatic carbocycles. The average molecular weight is 298 g/mol. The zero-order valence-electron chi connectivity index (χ0n) is 10.8. The fourth-order valence-corrected chi connectivity index (χ4v) is 4.38. The molecule has 0 saturated carbocycles. The van der Waals surface area contributed by atoms with Gasteiger partial charge in [0.25, 0.3) is 5.91 Å². The van der Waals surface area contributed by atoms with E-state index in [9.17, 15) is 4.79 Å². The van der Waals surface area contributed by atoms with Gasteiger partial charge in [-0.25, -0.2) is 0 Å². The molecule has 0 radical (unpaired) electrons. The molecule has 3 aliphatic rings. The van der Waals surface area contributed by atoms with E-state index in [1.54, 1.807) is 15.9 Å².